The van der Waals surface area contributed by atoms with Crippen LogP contribution >= 0.6 is 0 Å². The molecule has 1 N–H and O–H groups in total. The molecule has 0 unspecified atom stereocenters. The number of nitrogens with one attached hydrogen (secondary N) is 1. The van der Waals surface area contributed by atoms with Crippen LogP contribution in [0.1, 0.15) is 31.1 Å². The number of carbonyl (C=O) groups is 3. The topological polar surface area (TPSA) is 119 Å². The number of hydrogen-bond acceptors (Lipinski definition) is 6. The fraction of sp³-hybridized carbons (Fsp3) is 0.118. The molecule has 0 fully saturated rings. The number of nitrogens with zero attached hydrogens (tertiary/aromatic N) is 2. The first-order chi connectivity index (χ1) is 12.3. The van der Waals surface area contributed by atoms with Crippen LogP contribution in [0.15, 0.2) is 36.4 Å². The van der Waals surface area contributed by atoms with E-state index >= 15 is 0 Å². The van der Waals surface area contributed by atoms with Crippen LogP contribution in [-0.2, 0) is 0 Å². The van der Waals surface area contributed by atoms with Crippen molar-refractivity contribution in [3.63, 3.8) is 0 Å². The molecule has 0 spiro atoms. The molecule has 9 nitrogen and oxygen atoms in total. The van der Waals surface area contributed by atoms with E-state index in [1.165, 1.54) is 50.6 Å². The fourth-order valence-electron chi connectivity index (χ4n) is 2.60. The third-order valence-corrected chi connectivity index (χ3v) is 3.99. The Labute approximate surface area is 147 Å². The number of non-ortho nitro benzene ring substituents is 1. The molecule has 0 bridgehead atoms. The highest BCUT2D eigenvalue weighted by molar-refractivity contribution is 6.22. The van der Waals surface area contributed by atoms with Crippen molar-refractivity contribution in [2.45, 2.75) is 0 Å². The first-order valence-corrected chi connectivity index (χ1v) is 7.43. The number of amides is 3. The lowest BCUT2D eigenvalue weighted by Crippen LogP contribution is -2.24. The number of hydrogen-bond donors (Lipinski definition) is 1. The zero-order valence-corrected chi connectivity index (χ0v) is 13.8. The number of nitro benzene ring substituents is 1. The van der Waals surface area contributed by atoms with Gasteiger partial charge in [0.25, 0.3) is 23.4 Å². The van der Waals surface area contributed by atoms with Crippen LogP contribution in [0.5, 0.6) is 5.75 Å². The van der Waals surface area contributed by atoms with Crippen molar-refractivity contribution < 1.29 is 24.0 Å². The molecule has 0 aliphatic carbocycles. The van der Waals surface area contributed by atoms with Gasteiger partial charge in [0.15, 0.2) is 0 Å². The van der Waals surface area contributed by atoms with Crippen molar-refractivity contribution in [2.24, 2.45) is 0 Å². The van der Waals surface area contributed by atoms with Crippen molar-refractivity contribution in [1.29, 1.82) is 0 Å². The van der Waals surface area contributed by atoms with Crippen molar-refractivity contribution >= 4 is 29.1 Å². The molecule has 132 valence electrons. The van der Waals surface area contributed by atoms with Crippen LogP contribution in [0.2, 0.25) is 0 Å². The van der Waals surface area contributed by atoms with Crippen molar-refractivity contribution in [2.75, 3.05) is 19.5 Å². The molecular weight excluding hydrogens is 342 g/mol. The normalized spacial score (nSPS) is 12.8. The molecule has 0 saturated heterocycles. The largest absolute Gasteiger partial charge is 0.495 e. The highest BCUT2D eigenvalue weighted by Gasteiger charge is 2.33. The van der Waals surface area contributed by atoms with Gasteiger partial charge in [-0.25, -0.2) is 0 Å². The average Bonchev–Trinajstić information content (AvgIpc) is 2.85. The Morgan fingerprint density at radius 1 is 1.12 bits per heavy atom. The second-order valence-corrected chi connectivity index (χ2v) is 5.53. The number of ether oxygens (including phenoxy) is 1. The van der Waals surface area contributed by atoms with Crippen molar-refractivity contribution in [3.05, 3.63) is 63.2 Å². The number of nitro groups is 1. The smallest absolute Gasteiger partial charge is 0.271 e. The Kier molecular flexibility index (Phi) is 4.13. The molecular formula is C17H13N3O6. The second kappa shape index (κ2) is 6.28. The molecule has 1 aliphatic rings. The lowest BCUT2D eigenvalue weighted by atomic mass is 10.1. The number of fused-ring (bicyclic) bond motifs is 1. The third kappa shape index (κ3) is 2.75. The highest BCUT2D eigenvalue weighted by atomic mass is 16.6. The van der Waals surface area contributed by atoms with Crippen LogP contribution in [0.25, 0.3) is 0 Å². The Morgan fingerprint density at radius 3 is 2.46 bits per heavy atom. The van der Waals surface area contributed by atoms with Gasteiger partial charge >= 0.3 is 0 Å². The summed E-state index contributed by atoms with van der Waals surface area (Å²) in [5, 5.41) is 13.4. The molecule has 0 saturated carbocycles. The van der Waals surface area contributed by atoms with E-state index in [1.807, 2.05) is 0 Å². The van der Waals surface area contributed by atoms with Crippen LogP contribution in [0.4, 0.5) is 11.4 Å². The number of rotatable bonds is 4. The van der Waals surface area contributed by atoms with Crippen LogP contribution < -0.4 is 10.1 Å². The first kappa shape index (κ1) is 17.1. The number of carbonyl (C=O) groups excluding carboxylic acids is 3. The van der Waals surface area contributed by atoms with Gasteiger partial charge in [-0.05, 0) is 24.3 Å². The summed E-state index contributed by atoms with van der Waals surface area (Å²) >= 11 is 0. The standard InChI is InChI=1S/C17H13N3O6/c1-19-16(22)11-5-3-9(7-12(11)17(19)23)15(21)18-13-8-10(20(24)25)4-6-14(13)26-2/h3-8H,1-2H3,(H,18,21). The molecule has 9 heteroatoms. The summed E-state index contributed by atoms with van der Waals surface area (Å²) in [6.07, 6.45) is 0. The second-order valence-electron chi connectivity index (χ2n) is 5.53. The summed E-state index contributed by atoms with van der Waals surface area (Å²) in [4.78, 5) is 47.7. The van der Waals surface area contributed by atoms with Crippen LogP contribution in [0.3, 0.4) is 0 Å². The van der Waals surface area contributed by atoms with Gasteiger partial charge in [0.05, 0.1) is 28.8 Å². The molecule has 3 rings (SSSR count). The molecule has 0 aromatic heterocycles. The maximum Gasteiger partial charge on any atom is 0.271 e. The minimum absolute atomic E-state index is 0.117. The maximum absolute atomic E-state index is 12.5. The van der Waals surface area contributed by atoms with E-state index in [2.05, 4.69) is 5.32 Å². The lowest BCUT2D eigenvalue weighted by molar-refractivity contribution is -0.384. The van der Waals surface area contributed by atoms with Gasteiger partial charge in [-0.3, -0.25) is 29.4 Å². The predicted octanol–water partition coefficient (Wildman–Crippen LogP) is 2.08. The number of benzene rings is 2. The summed E-state index contributed by atoms with van der Waals surface area (Å²) in [6, 6.07) is 7.92. The van der Waals surface area contributed by atoms with Gasteiger partial charge in [-0.1, -0.05) is 0 Å². The Balaban J connectivity index is 1.93. The SMILES string of the molecule is COc1ccc([N+](=O)[O-])cc1NC(=O)c1ccc2c(c1)C(=O)N(C)C2=O. The Bertz CT molecular complexity index is 969. The Morgan fingerprint density at radius 2 is 1.81 bits per heavy atom. The zero-order chi connectivity index (χ0) is 19.0. The molecule has 26 heavy (non-hydrogen) atoms. The van der Waals surface area contributed by atoms with Crippen LogP contribution in [0, 0.1) is 10.1 Å². The van der Waals surface area contributed by atoms with Gasteiger partial charge in [0.2, 0.25) is 0 Å². The Hall–Kier alpha value is -3.75. The minimum atomic E-state index is -0.596. The fourth-order valence-corrected chi connectivity index (χ4v) is 2.60. The third-order valence-electron chi connectivity index (χ3n) is 3.99. The van der Waals surface area contributed by atoms with Gasteiger partial charge in [-0.15, -0.1) is 0 Å². The lowest BCUT2D eigenvalue weighted by Gasteiger charge is -2.10. The number of methoxy groups -OCH3 is 1. The van der Waals surface area contributed by atoms with E-state index in [1.54, 1.807) is 0 Å². The van der Waals surface area contributed by atoms with Gasteiger partial charge < -0.3 is 10.1 Å². The molecule has 2 aromatic carbocycles. The minimum Gasteiger partial charge on any atom is -0.495 e. The van der Waals surface area contributed by atoms with Gasteiger partial charge in [0, 0.05) is 24.7 Å². The van der Waals surface area contributed by atoms with E-state index in [9.17, 15) is 24.5 Å². The van der Waals surface area contributed by atoms with Crippen molar-refractivity contribution in [3.8, 4) is 5.75 Å². The van der Waals surface area contributed by atoms with E-state index in [-0.39, 0.29) is 33.8 Å². The molecule has 3 amide bonds. The summed E-state index contributed by atoms with van der Waals surface area (Å²) in [7, 11) is 2.73. The quantitative estimate of drug-likeness (QED) is 0.509. The number of anilines is 1. The summed E-state index contributed by atoms with van der Waals surface area (Å²) in [5.41, 5.74) is 0.399. The summed E-state index contributed by atoms with van der Waals surface area (Å²) in [6.45, 7) is 0. The average molecular weight is 355 g/mol. The van der Waals surface area contributed by atoms with E-state index in [4.69, 9.17) is 4.74 Å². The van der Waals surface area contributed by atoms with Gasteiger partial charge in [0.1, 0.15) is 5.75 Å². The zero-order valence-electron chi connectivity index (χ0n) is 13.8. The monoisotopic (exact) mass is 355 g/mol. The van der Waals surface area contributed by atoms with E-state index < -0.39 is 22.6 Å². The van der Waals surface area contributed by atoms with E-state index in [0.29, 0.717) is 0 Å². The predicted molar refractivity (Wildman–Crippen MR) is 90.5 cm³/mol. The van der Waals surface area contributed by atoms with E-state index in [0.717, 1.165) is 4.90 Å². The summed E-state index contributed by atoms with van der Waals surface area (Å²) < 4.78 is 5.09. The van der Waals surface area contributed by atoms with Crippen molar-refractivity contribution in [1.82, 2.24) is 4.90 Å². The molecule has 1 aliphatic heterocycles. The molecule has 0 radical (unpaired) electrons. The number of imide groups is 1. The molecule has 0 atom stereocenters. The molecule has 2 aromatic rings. The molecule has 1 heterocycles. The van der Waals surface area contributed by atoms with Crippen LogP contribution in [-0.4, -0.2) is 41.7 Å². The summed E-state index contributed by atoms with van der Waals surface area (Å²) in [5.74, 6) is -1.28. The van der Waals surface area contributed by atoms with Gasteiger partial charge in [-0.2, -0.15) is 0 Å². The first-order valence-electron chi connectivity index (χ1n) is 7.43. The maximum atomic E-state index is 12.5. The highest BCUT2D eigenvalue weighted by Crippen LogP contribution is 2.30.